The summed E-state index contributed by atoms with van der Waals surface area (Å²) in [6.45, 7) is 8.59. The molecule has 6 heterocycles. The fourth-order valence-corrected chi connectivity index (χ4v) is 17.4. The van der Waals surface area contributed by atoms with Crippen LogP contribution in [-0.2, 0) is 38.1 Å². The Kier molecular flexibility index (Phi) is 13.9. The van der Waals surface area contributed by atoms with Gasteiger partial charge in [0.15, 0.2) is 0 Å². The molecule has 0 bridgehead atoms. The van der Waals surface area contributed by atoms with Gasteiger partial charge in [-0.15, -0.1) is 22.7 Å². The first-order valence-corrected chi connectivity index (χ1v) is 23.7. The minimum Gasteiger partial charge on any atom is -0.465 e. The minimum absolute atomic E-state index is 0.216. The van der Waals surface area contributed by atoms with Gasteiger partial charge < -0.3 is 18.9 Å². The molecule has 0 aromatic carbocycles. The summed E-state index contributed by atoms with van der Waals surface area (Å²) in [6, 6.07) is 8.40. The summed E-state index contributed by atoms with van der Waals surface area (Å²) in [7, 11) is 5.17. The summed E-state index contributed by atoms with van der Waals surface area (Å²) in [5.41, 5.74) is 2.27. The Morgan fingerprint density at radius 3 is 0.981 bits per heavy atom. The van der Waals surface area contributed by atoms with Crippen molar-refractivity contribution >= 4 is 164 Å². The van der Waals surface area contributed by atoms with Crippen molar-refractivity contribution in [1.82, 2.24) is 0 Å². The lowest BCUT2D eigenvalue weighted by atomic mass is 10.1. The highest BCUT2D eigenvalue weighted by atomic mass is 32.2. The quantitative estimate of drug-likeness (QED) is 0.176. The van der Waals surface area contributed by atoms with E-state index in [4.69, 9.17) is 18.9 Å². The summed E-state index contributed by atoms with van der Waals surface area (Å²) < 4.78 is 23.7. The second kappa shape index (κ2) is 18.1. The van der Waals surface area contributed by atoms with E-state index in [1.165, 1.54) is 104 Å². The number of ether oxygens (including phenoxy) is 4. The summed E-state index contributed by atoms with van der Waals surface area (Å²) in [5, 5.41) is 0. The van der Waals surface area contributed by atoms with Gasteiger partial charge in [-0.1, -0.05) is 94.1 Å². The predicted octanol–water partition coefficient (Wildman–Crippen LogP) is 12.0. The maximum Gasteiger partial charge on any atom is 0.346 e. The smallest absolute Gasteiger partial charge is 0.346 e. The maximum atomic E-state index is 12.5. The monoisotopic (exact) mass is 910 g/mol. The molecule has 0 spiro atoms. The van der Waals surface area contributed by atoms with E-state index in [1.54, 1.807) is 69.7 Å². The zero-order chi connectivity index (χ0) is 38.8. The molecule has 54 heavy (non-hydrogen) atoms. The molecule has 0 radical (unpaired) electrons. The Balaban J connectivity index is 1.40. The van der Waals surface area contributed by atoms with Crippen molar-refractivity contribution in [2.75, 3.05) is 28.4 Å². The van der Waals surface area contributed by atoms with E-state index in [2.05, 4.69) is 52.0 Å². The molecule has 6 rings (SSSR count). The van der Waals surface area contributed by atoms with Crippen LogP contribution < -0.4 is 0 Å². The molecule has 0 amide bonds. The van der Waals surface area contributed by atoms with Crippen LogP contribution in [-0.4, -0.2) is 52.3 Å². The summed E-state index contributed by atoms with van der Waals surface area (Å²) in [4.78, 5) is 60.0. The van der Waals surface area contributed by atoms with Crippen molar-refractivity contribution < 1.29 is 38.1 Å². The number of hydrogen-bond acceptors (Lipinski definition) is 18. The molecule has 0 unspecified atom stereocenters. The molecule has 0 atom stereocenters. The fourth-order valence-electron chi connectivity index (χ4n) is 4.76. The SMILES string of the molecule is COC(=O)C1=C(C(=O)OC)SC(=Cc2ccc(C(=C3SC(C)=C(C)S3)C(=C3SC(C)=C(C)S3)c3ccc(C=C4SC(C(=O)OC)=C(C(=O)OC)S4)s3)s2)S1. The van der Waals surface area contributed by atoms with Gasteiger partial charge in [-0.3, -0.25) is 0 Å². The molecule has 2 aromatic heterocycles. The molecule has 4 aliphatic rings. The van der Waals surface area contributed by atoms with Crippen molar-refractivity contribution in [2.45, 2.75) is 27.7 Å². The van der Waals surface area contributed by atoms with Gasteiger partial charge in [-0.25, -0.2) is 19.2 Å². The van der Waals surface area contributed by atoms with Crippen molar-refractivity contribution in [1.29, 1.82) is 0 Å². The third-order valence-corrected chi connectivity index (χ3v) is 19.8. The van der Waals surface area contributed by atoms with Gasteiger partial charge in [0.1, 0.15) is 19.6 Å². The highest BCUT2D eigenvalue weighted by Gasteiger charge is 2.35. The van der Waals surface area contributed by atoms with Gasteiger partial charge in [0.05, 0.1) is 45.4 Å². The fraction of sp³-hybridized carbons (Fsp3) is 0.222. The standard InChI is InChI=1S/C36H30O8S10/c1-15-16(2)46-35(45-15)25(21-11-9-19(49-21)13-23-51-27(31(37)41-5)28(52-23)32(38)42-6)26(36-47-17(3)18(4)48-36)22-12-10-20(50-22)14-24-53-29(33(39)43-7)30(54-24)34(40)44-8/h9-14H,1-8H3. The lowest BCUT2D eigenvalue weighted by molar-refractivity contribution is -0.138. The number of hydrogen-bond donors (Lipinski definition) is 0. The lowest BCUT2D eigenvalue weighted by Crippen LogP contribution is -2.08. The molecule has 4 aliphatic heterocycles. The molecular weight excluding hydrogens is 881 g/mol. The van der Waals surface area contributed by atoms with Crippen molar-refractivity contribution in [3.8, 4) is 0 Å². The largest absolute Gasteiger partial charge is 0.465 e. The van der Waals surface area contributed by atoms with Crippen molar-refractivity contribution in [2.24, 2.45) is 0 Å². The van der Waals surface area contributed by atoms with Crippen molar-refractivity contribution in [3.63, 3.8) is 0 Å². The number of carbonyl (C=O) groups excluding carboxylic acids is 4. The minimum atomic E-state index is -0.578. The molecule has 0 saturated carbocycles. The van der Waals surface area contributed by atoms with E-state index in [0.29, 0.717) is 0 Å². The predicted molar refractivity (Wildman–Crippen MR) is 238 cm³/mol. The molecule has 282 valence electrons. The first-order chi connectivity index (χ1) is 25.8. The third kappa shape index (κ3) is 8.92. The Morgan fingerprint density at radius 1 is 0.444 bits per heavy atom. The third-order valence-electron chi connectivity index (χ3n) is 7.61. The van der Waals surface area contributed by atoms with Gasteiger partial charge in [0, 0.05) is 30.7 Å². The van der Waals surface area contributed by atoms with Crippen LogP contribution in [0.2, 0.25) is 0 Å². The highest BCUT2D eigenvalue weighted by molar-refractivity contribution is 8.30. The molecule has 18 heteroatoms. The van der Waals surface area contributed by atoms with Crippen LogP contribution in [0.15, 0.2) is 80.5 Å². The van der Waals surface area contributed by atoms with Gasteiger partial charge in [-0.2, -0.15) is 0 Å². The topological polar surface area (TPSA) is 105 Å². The number of thioether (sulfide) groups is 8. The number of rotatable bonds is 9. The van der Waals surface area contributed by atoms with E-state index in [1.807, 2.05) is 12.2 Å². The van der Waals surface area contributed by atoms with E-state index < -0.39 is 23.9 Å². The van der Waals surface area contributed by atoms with Crippen LogP contribution in [0.3, 0.4) is 0 Å². The normalized spacial score (nSPS) is 17.3. The first-order valence-electron chi connectivity index (χ1n) is 15.6. The Morgan fingerprint density at radius 2 is 0.722 bits per heavy atom. The molecule has 8 nitrogen and oxygen atoms in total. The summed E-state index contributed by atoms with van der Waals surface area (Å²) in [5.74, 6) is -2.31. The zero-order valence-electron chi connectivity index (χ0n) is 29.8. The molecule has 0 saturated heterocycles. The molecule has 0 fully saturated rings. The molecule has 0 aliphatic carbocycles. The Bertz CT molecular complexity index is 1990. The number of esters is 4. The van der Waals surface area contributed by atoms with Crippen LogP contribution in [0.25, 0.3) is 23.3 Å². The second-order valence-electron chi connectivity index (χ2n) is 11.0. The number of allylic oxidation sites excluding steroid dienone is 6. The van der Waals surface area contributed by atoms with Crippen LogP contribution in [0, 0.1) is 0 Å². The van der Waals surface area contributed by atoms with Gasteiger partial charge >= 0.3 is 23.9 Å². The van der Waals surface area contributed by atoms with E-state index in [9.17, 15) is 19.2 Å². The Labute approximate surface area is 355 Å². The first kappa shape index (κ1) is 41.6. The maximum absolute atomic E-state index is 12.5. The van der Waals surface area contributed by atoms with E-state index in [-0.39, 0.29) is 19.6 Å². The van der Waals surface area contributed by atoms with Crippen LogP contribution >= 0.6 is 117 Å². The van der Waals surface area contributed by atoms with E-state index in [0.717, 1.165) is 39.1 Å². The van der Waals surface area contributed by atoms with Gasteiger partial charge in [0.2, 0.25) is 0 Å². The van der Waals surface area contributed by atoms with Crippen LogP contribution in [0.4, 0.5) is 0 Å². The number of carbonyl (C=O) groups is 4. The average molecular weight is 911 g/mol. The molecular formula is C36H30O8S10. The summed E-state index contributed by atoms with van der Waals surface area (Å²) in [6.07, 6.45) is 3.98. The average Bonchev–Trinajstić information content (AvgIpc) is 4.03. The second-order valence-corrected chi connectivity index (χ2v) is 23.4. The van der Waals surface area contributed by atoms with Crippen LogP contribution in [0.5, 0.6) is 0 Å². The number of thiophene rings is 2. The zero-order valence-corrected chi connectivity index (χ0v) is 38.0. The van der Waals surface area contributed by atoms with Gasteiger partial charge in [0.25, 0.3) is 0 Å². The highest BCUT2D eigenvalue weighted by Crippen LogP contribution is 2.61. The van der Waals surface area contributed by atoms with Crippen molar-refractivity contribution in [3.05, 3.63) is 100.0 Å². The number of methoxy groups -OCH3 is 4. The summed E-state index contributed by atoms with van der Waals surface area (Å²) >= 11 is 15.2. The van der Waals surface area contributed by atoms with E-state index >= 15 is 0 Å². The van der Waals surface area contributed by atoms with Crippen LogP contribution in [0.1, 0.15) is 47.2 Å². The molecule has 0 N–H and O–H groups in total. The Hall–Kier alpha value is -2.00. The lowest BCUT2D eigenvalue weighted by Gasteiger charge is -2.16. The molecule has 2 aromatic rings. The van der Waals surface area contributed by atoms with Gasteiger partial charge in [-0.05, 0) is 83.7 Å².